The molecule has 1 heterocycles. The van der Waals surface area contributed by atoms with E-state index in [1.165, 1.54) is 5.56 Å². The van der Waals surface area contributed by atoms with E-state index in [9.17, 15) is 4.79 Å². The number of carbonyl (C=O) groups is 1. The molecule has 0 spiro atoms. The van der Waals surface area contributed by atoms with Crippen molar-refractivity contribution in [2.45, 2.75) is 26.6 Å². The van der Waals surface area contributed by atoms with Crippen molar-refractivity contribution in [2.24, 2.45) is 0 Å². The lowest BCUT2D eigenvalue weighted by Gasteiger charge is -2.36. The molecule has 5 heteroatoms. The largest absolute Gasteiger partial charge is 0.497 e. The number of ether oxygens (including phenoxy) is 2. The molecule has 0 saturated carbocycles. The molecule has 0 bridgehead atoms. The molecule has 0 aromatic heterocycles. The molecule has 0 aliphatic carbocycles. The van der Waals surface area contributed by atoms with Gasteiger partial charge >= 0.3 is 0 Å². The Kier molecular flexibility index (Phi) is 7.99. The molecule has 1 aliphatic heterocycles. The molecular weight excluding hydrogens is 424 g/mol. The summed E-state index contributed by atoms with van der Waals surface area (Å²) in [4.78, 5) is 17.3. The Labute approximate surface area is 202 Å². The van der Waals surface area contributed by atoms with Gasteiger partial charge in [-0.05, 0) is 49.2 Å². The van der Waals surface area contributed by atoms with Gasteiger partial charge in [-0.2, -0.15) is 0 Å². The second-order valence-corrected chi connectivity index (χ2v) is 9.02. The normalized spacial score (nSPS) is 15.2. The highest BCUT2D eigenvalue weighted by atomic mass is 16.5. The Morgan fingerprint density at radius 1 is 0.882 bits per heavy atom. The number of benzene rings is 3. The first-order valence-corrected chi connectivity index (χ1v) is 11.9. The van der Waals surface area contributed by atoms with Gasteiger partial charge in [0.25, 0.3) is 5.91 Å². The van der Waals surface area contributed by atoms with Crippen molar-refractivity contribution < 1.29 is 14.3 Å². The van der Waals surface area contributed by atoms with Crippen molar-refractivity contribution in [3.05, 3.63) is 101 Å². The zero-order chi connectivity index (χ0) is 23.9. The van der Waals surface area contributed by atoms with Crippen LogP contribution in [0.25, 0.3) is 0 Å². The zero-order valence-electron chi connectivity index (χ0n) is 20.4. The number of methoxy groups -OCH3 is 1. The van der Waals surface area contributed by atoms with E-state index in [0.717, 1.165) is 60.7 Å². The van der Waals surface area contributed by atoms with E-state index in [1.54, 1.807) is 7.11 Å². The van der Waals surface area contributed by atoms with Gasteiger partial charge in [-0.1, -0.05) is 59.7 Å². The molecule has 3 aromatic carbocycles. The van der Waals surface area contributed by atoms with Gasteiger partial charge in [-0.25, -0.2) is 0 Å². The molecule has 1 amide bonds. The third-order valence-electron chi connectivity index (χ3n) is 6.39. The van der Waals surface area contributed by atoms with Crippen molar-refractivity contribution in [1.29, 1.82) is 0 Å². The lowest BCUT2D eigenvalue weighted by Crippen LogP contribution is -2.49. The average molecular weight is 459 g/mol. The van der Waals surface area contributed by atoms with E-state index in [2.05, 4.69) is 48.2 Å². The van der Waals surface area contributed by atoms with E-state index in [1.807, 2.05) is 48.2 Å². The molecule has 1 aliphatic rings. The van der Waals surface area contributed by atoms with Crippen LogP contribution < -0.4 is 4.74 Å². The summed E-state index contributed by atoms with van der Waals surface area (Å²) in [6.45, 7) is 8.51. The quantitative estimate of drug-likeness (QED) is 0.475. The summed E-state index contributed by atoms with van der Waals surface area (Å²) in [7, 11) is 1.69. The van der Waals surface area contributed by atoms with E-state index in [4.69, 9.17) is 9.47 Å². The van der Waals surface area contributed by atoms with Crippen molar-refractivity contribution in [2.75, 3.05) is 39.8 Å². The number of piperazine rings is 1. The number of aryl methyl sites for hydroxylation is 2. The summed E-state index contributed by atoms with van der Waals surface area (Å²) in [6, 6.07) is 24.4. The summed E-state index contributed by atoms with van der Waals surface area (Å²) in [5.74, 6) is 0.943. The van der Waals surface area contributed by atoms with E-state index in [0.29, 0.717) is 6.61 Å². The summed E-state index contributed by atoms with van der Waals surface area (Å²) >= 11 is 0. The van der Waals surface area contributed by atoms with Crippen molar-refractivity contribution in [3.63, 3.8) is 0 Å². The topological polar surface area (TPSA) is 42.0 Å². The minimum atomic E-state index is -0.0876. The van der Waals surface area contributed by atoms with Crippen molar-refractivity contribution >= 4 is 5.91 Å². The monoisotopic (exact) mass is 458 g/mol. The maximum atomic E-state index is 12.9. The van der Waals surface area contributed by atoms with Gasteiger partial charge in [-0.3, -0.25) is 9.69 Å². The first-order valence-electron chi connectivity index (χ1n) is 11.9. The van der Waals surface area contributed by atoms with Crippen LogP contribution in [-0.4, -0.2) is 55.5 Å². The van der Waals surface area contributed by atoms with Crippen LogP contribution in [0.15, 0.2) is 72.8 Å². The highest BCUT2D eigenvalue weighted by molar-refractivity contribution is 5.94. The molecule has 5 nitrogen and oxygen atoms in total. The Morgan fingerprint density at radius 3 is 2.32 bits per heavy atom. The smallest absolute Gasteiger partial charge is 0.253 e. The summed E-state index contributed by atoms with van der Waals surface area (Å²) in [5, 5.41) is 0. The van der Waals surface area contributed by atoms with E-state index in [-0.39, 0.29) is 12.0 Å². The summed E-state index contributed by atoms with van der Waals surface area (Å²) < 4.78 is 11.9. The minimum Gasteiger partial charge on any atom is -0.497 e. The maximum absolute atomic E-state index is 12.9. The number of rotatable bonds is 8. The number of carbonyl (C=O) groups excluding carboxylic acids is 1. The highest BCUT2D eigenvalue weighted by Crippen LogP contribution is 2.25. The lowest BCUT2D eigenvalue weighted by molar-refractivity contribution is 0.00333. The van der Waals surface area contributed by atoms with E-state index < -0.39 is 0 Å². The van der Waals surface area contributed by atoms with Crippen LogP contribution in [0.4, 0.5) is 0 Å². The van der Waals surface area contributed by atoms with Gasteiger partial charge in [0, 0.05) is 38.3 Å². The first kappa shape index (κ1) is 24.0. The Balaban J connectivity index is 1.40. The lowest BCUT2D eigenvalue weighted by atomic mass is 10.1. The van der Waals surface area contributed by atoms with Crippen molar-refractivity contribution in [1.82, 2.24) is 9.80 Å². The Bertz CT molecular complexity index is 1090. The second-order valence-electron chi connectivity index (χ2n) is 9.02. The van der Waals surface area contributed by atoms with Gasteiger partial charge in [0.1, 0.15) is 5.75 Å². The zero-order valence-corrected chi connectivity index (χ0v) is 20.4. The minimum absolute atomic E-state index is 0.0876. The molecule has 4 rings (SSSR count). The number of hydrogen-bond donors (Lipinski definition) is 0. The average Bonchev–Trinajstić information content (AvgIpc) is 2.87. The molecule has 34 heavy (non-hydrogen) atoms. The van der Waals surface area contributed by atoms with Crippen LogP contribution in [-0.2, 0) is 11.3 Å². The molecule has 3 aromatic rings. The predicted molar refractivity (Wildman–Crippen MR) is 135 cm³/mol. The van der Waals surface area contributed by atoms with Gasteiger partial charge in [0.15, 0.2) is 0 Å². The molecule has 178 valence electrons. The fourth-order valence-corrected chi connectivity index (χ4v) is 4.31. The van der Waals surface area contributed by atoms with Crippen LogP contribution >= 0.6 is 0 Å². The van der Waals surface area contributed by atoms with E-state index >= 15 is 0 Å². The van der Waals surface area contributed by atoms with Crippen LogP contribution in [0.1, 0.15) is 38.7 Å². The molecule has 1 saturated heterocycles. The second kappa shape index (κ2) is 11.3. The summed E-state index contributed by atoms with van der Waals surface area (Å²) in [6.07, 6.45) is -0.0876. The van der Waals surface area contributed by atoms with Gasteiger partial charge in [0.05, 0.1) is 19.8 Å². The predicted octanol–water partition coefficient (Wildman–Crippen LogP) is 5.03. The third-order valence-corrected chi connectivity index (χ3v) is 6.39. The van der Waals surface area contributed by atoms with Crippen LogP contribution in [0.5, 0.6) is 5.75 Å². The number of hydrogen-bond acceptors (Lipinski definition) is 4. The molecule has 0 N–H and O–H groups in total. The summed E-state index contributed by atoms with van der Waals surface area (Å²) in [5.41, 5.74) is 5.38. The first-order chi connectivity index (χ1) is 16.5. The van der Waals surface area contributed by atoms with Gasteiger partial charge < -0.3 is 14.4 Å². The molecule has 1 unspecified atom stereocenters. The van der Waals surface area contributed by atoms with Gasteiger partial charge in [0.2, 0.25) is 0 Å². The SMILES string of the molecule is COc1cccc(C(CN2CCN(C(=O)c3cccc(C)c3)CC2)OCc2ccc(C)cc2)c1. The van der Waals surface area contributed by atoms with Crippen molar-refractivity contribution in [3.8, 4) is 5.75 Å². The molecule has 1 fully saturated rings. The fraction of sp³-hybridized carbons (Fsp3) is 0.345. The molecular formula is C29H34N2O3. The van der Waals surface area contributed by atoms with Gasteiger partial charge in [-0.15, -0.1) is 0 Å². The Hall–Kier alpha value is -3.15. The van der Waals surface area contributed by atoms with Crippen LogP contribution in [0.3, 0.4) is 0 Å². The van der Waals surface area contributed by atoms with Crippen LogP contribution in [0, 0.1) is 13.8 Å². The standard InChI is InChI=1S/C29H34N2O3/c1-22-10-12-24(13-11-22)21-34-28(25-7-5-9-27(19-25)33-3)20-30-14-16-31(17-15-30)29(32)26-8-4-6-23(2)18-26/h4-13,18-19,28H,14-17,20-21H2,1-3H3. The molecule has 1 atom stereocenters. The maximum Gasteiger partial charge on any atom is 0.253 e. The number of nitrogens with zero attached hydrogens (tertiary/aromatic N) is 2. The fourth-order valence-electron chi connectivity index (χ4n) is 4.31. The van der Waals surface area contributed by atoms with Crippen LogP contribution in [0.2, 0.25) is 0 Å². The Morgan fingerprint density at radius 2 is 1.62 bits per heavy atom. The highest BCUT2D eigenvalue weighted by Gasteiger charge is 2.25. The molecule has 0 radical (unpaired) electrons. The number of amides is 1. The third kappa shape index (κ3) is 6.25.